The van der Waals surface area contributed by atoms with Gasteiger partial charge in [0.25, 0.3) is 5.69 Å². The second-order valence-electron chi connectivity index (χ2n) is 5.90. The molecule has 0 bridgehead atoms. The van der Waals surface area contributed by atoms with Crippen LogP contribution in [0.4, 0.5) is 11.4 Å². The average molecular weight is 320 g/mol. The molecule has 2 N–H and O–H groups in total. The molecule has 0 unspecified atom stereocenters. The Bertz CT molecular complexity index is 533. The molecule has 1 aliphatic rings. The zero-order chi connectivity index (χ0) is 16.7. The number of rotatable bonds is 7. The molecule has 1 aliphatic heterocycles. The van der Waals surface area contributed by atoms with Crippen LogP contribution in [0.3, 0.4) is 0 Å². The van der Waals surface area contributed by atoms with Crippen LogP contribution in [0.15, 0.2) is 24.3 Å². The van der Waals surface area contributed by atoms with Gasteiger partial charge in [0.2, 0.25) is 5.91 Å². The molecule has 0 spiro atoms. The highest BCUT2D eigenvalue weighted by Crippen LogP contribution is 2.16. The zero-order valence-corrected chi connectivity index (χ0v) is 13.5. The molecule has 1 saturated heterocycles. The topological polar surface area (TPSA) is 87.5 Å². The summed E-state index contributed by atoms with van der Waals surface area (Å²) in [6, 6.07) is 6.72. The van der Waals surface area contributed by atoms with Crippen LogP contribution in [0.5, 0.6) is 0 Å². The first kappa shape index (κ1) is 17.2. The number of nitrogens with one attached hydrogen (secondary N) is 2. The van der Waals surface area contributed by atoms with Gasteiger partial charge in [0.05, 0.1) is 11.5 Å². The number of piperidine rings is 1. The fourth-order valence-electron chi connectivity index (χ4n) is 2.74. The number of benzene rings is 1. The number of carbonyl (C=O) groups is 1. The largest absolute Gasteiger partial charge is 0.383 e. The molecule has 1 atom stereocenters. The molecule has 7 nitrogen and oxygen atoms in total. The van der Waals surface area contributed by atoms with E-state index in [1.807, 2.05) is 0 Å². The van der Waals surface area contributed by atoms with Crippen molar-refractivity contribution in [2.75, 3.05) is 31.5 Å². The smallest absolute Gasteiger partial charge is 0.269 e. The highest BCUT2D eigenvalue weighted by molar-refractivity contribution is 5.78. The number of nitro groups is 1. The Hall–Kier alpha value is -2.15. The average Bonchev–Trinajstić information content (AvgIpc) is 2.54. The van der Waals surface area contributed by atoms with Crippen molar-refractivity contribution in [3.63, 3.8) is 0 Å². The number of non-ortho nitro benzene ring substituents is 1. The van der Waals surface area contributed by atoms with Crippen molar-refractivity contribution >= 4 is 17.3 Å². The fourth-order valence-corrected chi connectivity index (χ4v) is 2.74. The molecule has 23 heavy (non-hydrogen) atoms. The van der Waals surface area contributed by atoms with Crippen LogP contribution < -0.4 is 10.6 Å². The minimum absolute atomic E-state index is 0.0456. The van der Waals surface area contributed by atoms with E-state index in [0.717, 1.165) is 18.7 Å². The predicted octanol–water partition coefficient (Wildman–Crippen LogP) is 2.00. The highest BCUT2D eigenvalue weighted by atomic mass is 16.6. The predicted molar refractivity (Wildman–Crippen MR) is 89.5 cm³/mol. The number of hydrogen-bond acceptors (Lipinski definition) is 5. The summed E-state index contributed by atoms with van der Waals surface area (Å²) in [7, 11) is 0. The molecule has 2 rings (SSSR count). The molecular formula is C16H24N4O3. The van der Waals surface area contributed by atoms with Gasteiger partial charge in [-0.2, -0.15) is 0 Å². The van der Waals surface area contributed by atoms with Gasteiger partial charge < -0.3 is 10.6 Å². The number of likely N-dealkylation sites (tertiary alicyclic amines) is 1. The number of nitro benzene ring substituents is 1. The van der Waals surface area contributed by atoms with Crippen LogP contribution in [0, 0.1) is 10.1 Å². The third-order valence-corrected chi connectivity index (χ3v) is 4.14. The van der Waals surface area contributed by atoms with Crippen molar-refractivity contribution in [2.24, 2.45) is 0 Å². The number of anilines is 1. The summed E-state index contributed by atoms with van der Waals surface area (Å²) in [6.07, 6.45) is 3.58. The van der Waals surface area contributed by atoms with Gasteiger partial charge in [-0.3, -0.25) is 19.8 Å². The van der Waals surface area contributed by atoms with E-state index in [-0.39, 0.29) is 11.6 Å². The molecule has 0 radical (unpaired) electrons. The Labute approximate surface area is 136 Å². The summed E-state index contributed by atoms with van der Waals surface area (Å²) in [5.41, 5.74) is 0.869. The summed E-state index contributed by atoms with van der Waals surface area (Å²) >= 11 is 0. The number of carbonyl (C=O) groups excluding carboxylic acids is 1. The second-order valence-corrected chi connectivity index (χ2v) is 5.90. The molecule has 1 aromatic rings. The third kappa shape index (κ3) is 5.52. The van der Waals surface area contributed by atoms with Gasteiger partial charge in [-0.05, 0) is 38.4 Å². The van der Waals surface area contributed by atoms with Crippen LogP contribution in [-0.4, -0.2) is 48.0 Å². The monoisotopic (exact) mass is 320 g/mol. The van der Waals surface area contributed by atoms with E-state index in [1.54, 1.807) is 12.1 Å². The third-order valence-electron chi connectivity index (χ3n) is 4.14. The normalized spacial score (nSPS) is 18.4. The Morgan fingerprint density at radius 3 is 2.70 bits per heavy atom. The second kappa shape index (κ2) is 8.47. The van der Waals surface area contributed by atoms with Crippen molar-refractivity contribution in [1.82, 2.24) is 10.2 Å². The molecule has 0 saturated carbocycles. The van der Waals surface area contributed by atoms with E-state index in [1.165, 1.54) is 25.0 Å². The van der Waals surface area contributed by atoms with E-state index < -0.39 is 4.92 Å². The summed E-state index contributed by atoms with van der Waals surface area (Å²) < 4.78 is 0. The maximum absolute atomic E-state index is 11.9. The van der Waals surface area contributed by atoms with Crippen LogP contribution in [0.25, 0.3) is 0 Å². The summed E-state index contributed by atoms with van der Waals surface area (Å²) in [4.78, 5) is 24.3. The van der Waals surface area contributed by atoms with E-state index in [9.17, 15) is 14.9 Å². The van der Waals surface area contributed by atoms with Crippen molar-refractivity contribution in [1.29, 1.82) is 0 Å². The van der Waals surface area contributed by atoms with Crippen molar-refractivity contribution in [3.8, 4) is 0 Å². The van der Waals surface area contributed by atoms with Crippen LogP contribution in [0.1, 0.15) is 26.2 Å². The summed E-state index contributed by atoms with van der Waals surface area (Å²) in [6.45, 7) is 4.73. The first-order valence-electron chi connectivity index (χ1n) is 8.05. The molecule has 1 heterocycles. The Morgan fingerprint density at radius 2 is 2.04 bits per heavy atom. The molecule has 126 valence electrons. The van der Waals surface area contributed by atoms with Crippen LogP contribution in [0.2, 0.25) is 0 Å². The van der Waals surface area contributed by atoms with Gasteiger partial charge in [0.15, 0.2) is 0 Å². The quantitative estimate of drug-likeness (QED) is 0.456. The fraction of sp³-hybridized carbons (Fsp3) is 0.562. The first-order valence-corrected chi connectivity index (χ1v) is 8.05. The van der Waals surface area contributed by atoms with Gasteiger partial charge >= 0.3 is 0 Å². The Balaban J connectivity index is 1.64. The number of hydrogen-bond donors (Lipinski definition) is 2. The van der Waals surface area contributed by atoms with Gasteiger partial charge in [0, 0.05) is 37.0 Å². The highest BCUT2D eigenvalue weighted by Gasteiger charge is 2.20. The lowest BCUT2D eigenvalue weighted by atomic mass is 10.0. The van der Waals surface area contributed by atoms with E-state index >= 15 is 0 Å². The zero-order valence-electron chi connectivity index (χ0n) is 13.5. The van der Waals surface area contributed by atoms with Crippen molar-refractivity contribution in [2.45, 2.75) is 32.2 Å². The van der Waals surface area contributed by atoms with Crippen LogP contribution >= 0.6 is 0 Å². The SMILES string of the molecule is C[C@H]1CCCCN1CC(=O)NCCNc1ccc([N+](=O)[O-])cc1. The van der Waals surface area contributed by atoms with Gasteiger partial charge in [-0.15, -0.1) is 0 Å². The number of amides is 1. The van der Waals surface area contributed by atoms with Gasteiger partial charge in [-0.1, -0.05) is 6.42 Å². The van der Waals surface area contributed by atoms with Crippen molar-refractivity contribution in [3.05, 3.63) is 34.4 Å². The molecule has 0 aromatic heterocycles. The molecule has 1 aromatic carbocycles. The molecule has 1 amide bonds. The number of nitrogens with zero attached hydrogens (tertiary/aromatic N) is 2. The first-order chi connectivity index (χ1) is 11.1. The Morgan fingerprint density at radius 1 is 1.30 bits per heavy atom. The van der Waals surface area contributed by atoms with E-state index in [2.05, 4.69) is 22.5 Å². The lowest BCUT2D eigenvalue weighted by Crippen LogP contribution is -2.45. The molecule has 1 fully saturated rings. The molecule has 7 heteroatoms. The summed E-state index contributed by atoms with van der Waals surface area (Å²) in [5.74, 6) is 0.0456. The lowest BCUT2D eigenvalue weighted by molar-refractivity contribution is -0.384. The lowest BCUT2D eigenvalue weighted by Gasteiger charge is -2.32. The maximum Gasteiger partial charge on any atom is 0.269 e. The summed E-state index contributed by atoms with van der Waals surface area (Å²) in [5, 5.41) is 16.6. The molecular weight excluding hydrogens is 296 g/mol. The van der Waals surface area contributed by atoms with Gasteiger partial charge in [-0.25, -0.2) is 0 Å². The standard InChI is InChI=1S/C16H24N4O3/c1-13-4-2-3-11-19(13)12-16(21)18-10-9-17-14-5-7-15(8-6-14)20(22)23/h5-8,13,17H,2-4,9-12H2,1H3,(H,18,21)/t13-/m0/s1. The maximum atomic E-state index is 11.9. The minimum atomic E-state index is -0.425. The molecule has 0 aliphatic carbocycles. The minimum Gasteiger partial charge on any atom is -0.383 e. The van der Waals surface area contributed by atoms with Gasteiger partial charge in [0.1, 0.15) is 0 Å². The van der Waals surface area contributed by atoms with E-state index in [4.69, 9.17) is 0 Å². The van der Waals surface area contributed by atoms with Crippen LogP contribution in [-0.2, 0) is 4.79 Å². The van der Waals surface area contributed by atoms with Crippen molar-refractivity contribution < 1.29 is 9.72 Å². The van der Waals surface area contributed by atoms with E-state index in [0.29, 0.717) is 25.7 Å². The Kier molecular flexibility index (Phi) is 6.34.